The topological polar surface area (TPSA) is 45.7 Å². The first-order valence-electron chi connectivity index (χ1n) is 11.7. The molecular weight excluding hydrogens is 434 g/mol. The summed E-state index contributed by atoms with van der Waals surface area (Å²) in [4.78, 5) is 9.28. The van der Waals surface area contributed by atoms with E-state index in [0.29, 0.717) is 6.67 Å². The van der Waals surface area contributed by atoms with Crippen LogP contribution < -0.4 is 9.80 Å². The maximum Gasteiger partial charge on any atom is 0.159 e. The van der Waals surface area contributed by atoms with Crippen LogP contribution in [0.5, 0.6) is 0 Å². The Morgan fingerprint density at radius 1 is 0.514 bits per heavy atom. The van der Waals surface area contributed by atoms with Gasteiger partial charge in [0.05, 0.1) is 17.1 Å². The van der Waals surface area contributed by atoms with Crippen molar-refractivity contribution in [2.75, 3.05) is 16.5 Å². The van der Waals surface area contributed by atoms with Gasteiger partial charge in [-0.05, 0) is 36.4 Å². The minimum absolute atomic E-state index is 0.596. The summed E-state index contributed by atoms with van der Waals surface area (Å²) in [6.45, 7) is 0.596. The smallest absolute Gasteiger partial charge is 0.159 e. The van der Waals surface area contributed by atoms with Crippen LogP contribution >= 0.6 is 0 Å². The number of furan rings is 2. The van der Waals surface area contributed by atoms with Crippen LogP contribution in [-0.2, 0) is 0 Å². The summed E-state index contributed by atoms with van der Waals surface area (Å²) in [5, 5.41) is 4.46. The van der Waals surface area contributed by atoms with Gasteiger partial charge in [0.15, 0.2) is 17.0 Å². The third-order valence-corrected chi connectivity index (χ3v) is 6.94. The van der Waals surface area contributed by atoms with Crippen LogP contribution in [0.15, 0.2) is 112 Å². The maximum atomic E-state index is 6.36. The lowest BCUT2D eigenvalue weighted by Gasteiger charge is -2.21. The van der Waals surface area contributed by atoms with Crippen molar-refractivity contribution < 1.29 is 8.83 Å². The van der Waals surface area contributed by atoms with Crippen molar-refractivity contribution in [2.24, 2.45) is 0 Å². The van der Waals surface area contributed by atoms with E-state index in [0.717, 1.165) is 66.8 Å². The van der Waals surface area contributed by atoms with Gasteiger partial charge in [-0.25, -0.2) is 4.98 Å². The fraction of sp³-hybridized carbons (Fsp3) is 0.0333. The maximum absolute atomic E-state index is 6.36. The molecule has 0 radical (unpaired) electrons. The second-order valence-electron chi connectivity index (χ2n) is 8.85. The molecule has 0 fully saturated rings. The van der Waals surface area contributed by atoms with Crippen LogP contribution in [-0.4, -0.2) is 11.7 Å². The molecule has 0 aliphatic carbocycles. The van der Waals surface area contributed by atoms with E-state index >= 15 is 0 Å². The number of pyridine rings is 1. The molecule has 166 valence electrons. The molecule has 4 aromatic carbocycles. The van der Waals surface area contributed by atoms with Gasteiger partial charge in [0.1, 0.15) is 17.8 Å². The summed E-state index contributed by atoms with van der Waals surface area (Å²) in [6, 6.07) is 33.1. The second-order valence-corrected chi connectivity index (χ2v) is 8.85. The van der Waals surface area contributed by atoms with Crippen molar-refractivity contribution in [3.05, 3.63) is 103 Å². The van der Waals surface area contributed by atoms with Gasteiger partial charge in [-0.1, -0.05) is 60.7 Å². The summed E-state index contributed by atoms with van der Waals surface area (Å²) >= 11 is 0. The van der Waals surface area contributed by atoms with Crippen molar-refractivity contribution in [1.82, 2.24) is 4.98 Å². The lowest BCUT2D eigenvalue weighted by atomic mass is 10.1. The first-order chi connectivity index (χ1) is 17.4. The molecule has 4 heterocycles. The average Bonchev–Trinajstić information content (AvgIpc) is 3.60. The third-order valence-electron chi connectivity index (χ3n) is 6.94. The highest BCUT2D eigenvalue weighted by molar-refractivity contribution is 6.12. The Kier molecular flexibility index (Phi) is 3.66. The molecule has 0 amide bonds. The number of hydrogen-bond acceptors (Lipinski definition) is 5. The molecule has 8 rings (SSSR count). The number of benzene rings is 4. The van der Waals surface area contributed by atoms with Gasteiger partial charge in [0.25, 0.3) is 0 Å². The van der Waals surface area contributed by atoms with E-state index in [1.807, 2.05) is 42.6 Å². The summed E-state index contributed by atoms with van der Waals surface area (Å²) in [5.74, 6) is 0.897. The van der Waals surface area contributed by atoms with E-state index < -0.39 is 0 Å². The van der Waals surface area contributed by atoms with Crippen molar-refractivity contribution in [2.45, 2.75) is 0 Å². The van der Waals surface area contributed by atoms with Crippen LogP contribution in [0.1, 0.15) is 0 Å². The molecule has 0 saturated heterocycles. The number of anilines is 4. The molecule has 5 heteroatoms. The highest BCUT2D eigenvalue weighted by Crippen LogP contribution is 2.47. The van der Waals surface area contributed by atoms with E-state index in [1.54, 1.807) is 0 Å². The second kappa shape index (κ2) is 6.87. The SMILES string of the molecule is c1cnc2c(c1)N(c1cccc3c1oc1ccccc13)CN2c1cccc2c1oc1ccccc12. The number of aromatic nitrogens is 1. The van der Waals surface area contributed by atoms with E-state index in [-0.39, 0.29) is 0 Å². The number of para-hydroxylation sites is 4. The largest absolute Gasteiger partial charge is 0.454 e. The predicted octanol–water partition coefficient (Wildman–Crippen LogP) is 8.13. The molecule has 0 spiro atoms. The van der Waals surface area contributed by atoms with Crippen LogP contribution in [0.3, 0.4) is 0 Å². The van der Waals surface area contributed by atoms with Crippen molar-refractivity contribution in [3.8, 4) is 0 Å². The third kappa shape index (κ3) is 2.55. The molecule has 5 nitrogen and oxygen atoms in total. The number of hydrogen-bond donors (Lipinski definition) is 0. The first-order valence-corrected chi connectivity index (χ1v) is 11.7. The van der Waals surface area contributed by atoms with Crippen LogP contribution in [0.4, 0.5) is 22.9 Å². The Balaban J connectivity index is 1.34. The molecule has 0 unspecified atom stereocenters. The van der Waals surface area contributed by atoms with Gasteiger partial charge in [-0.15, -0.1) is 0 Å². The average molecular weight is 454 g/mol. The highest BCUT2D eigenvalue weighted by atomic mass is 16.3. The van der Waals surface area contributed by atoms with Crippen molar-refractivity contribution in [1.29, 1.82) is 0 Å². The lowest BCUT2D eigenvalue weighted by Crippen LogP contribution is -2.24. The molecule has 1 aliphatic heterocycles. The van der Waals surface area contributed by atoms with Gasteiger partial charge in [0, 0.05) is 27.7 Å². The Morgan fingerprint density at radius 3 is 1.71 bits per heavy atom. The zero-order valence-corrected chi connectivity index (χ0v) is 18.7. The number of rotatable bonds is 2. The lowest BCUT2D eigenvalue weighted by molar-refractivity contribution is 0.666. The fourth-order valence-electron chi connectivity index (χ4n) is 5.38. The fourth-order valence-corrected chi connectivity index (χ4v) is 5.38. The Hall–Kier alpha value is -4.77. The quantitative estimate of drug-likeness (QED) is 0.264. The van der Waals surface area contributed by atoms with Crippen molar-refractivity contribution in [3.63, 3.8) is 0 Å². The van der Waals surface area contributed by atoms with E-state index in [9.17, 15) is 0 Å². The molecule has 0 atom stereocenters. The Morgan fingerprint density at radius 2 is 1.06 bits per heavy atom. The van der Waals surface area contributed by atoms with E-state index in [4.69, 9.17) is 13.8 Å². The summed E-state index contributed by atoms with van der Waals surface area (Å²) < 4.78 is 12.7. The van der Waals surface area contributed by atoms with Gasteiger partial charge in [-0.2, -0.15) is 0 Å². The minimum atomic E-state index is 0.596. The molecular formula is C30H19N3O2. The molecule has 0 saturated carbocycles. The molecule has 7 aromatic rings. The Bertz CT molecular complexity index is 1780. The Labute approximate surface area is 200 Å². The van der Waals surface area contributed by atoms with Crippen LogP contribution in [0.2, 0.25) is 0 Å². The zero-order chi connectivity index (χ0) is 22.9. The van der Waals surface area contributed by atoms with E-state index in [2.05, 4.69) is 70.5 Å². The molecule has 3 aromatic heterocycles. The normalized spacial score (nSPS) is 13.5. The highest BCUT2D eigenvalue weighted by Gasteiger charge is 2.32. The van der Waals surface area contributed by atoms with Crippen molar-refractivity contribution >= 4 is 66.8 Å². The standard InChI is InChI=1S/C30H19N3O2/c1-3-15-26-19(8-1)21-10-5-12-23(28(21)34-26)32-18-33(30-25(32)14-7-17-31-30)24-13-6-11-22-20-9-2-4-16-27(20)35-29(22)24/h1-17H,18H2. The van der Waals surface area contributed by atoms with Crippen LogP contribution in [0.25, 0.3) is 43.9 Å². The monoisotopic (exact) mass is 453 g/mol. The summed E-state index contributed by atoms with van der Waals surface area (Å²) in [7, 11) is 0. The molecule has 35 heavy (non-hydrogen) atoms. The zero-order valence-electron chi connectivity index (χ0n) is 18.7. The first kappa shape index (κ1) is 18.6. The van der Waals surface area contributed by atoms with E-state index in [1.165, 1.54) is 0 Å². The molecule has 0 N–H and O–H groups in total. The van der Waals surface area contributed by atoms with Gasteiger partial charge in [-0.3, -0.25) is 0 Å². The van der Waals surface area contributed by atoms with Gasteiger partial charge < -0.3 is 18.6 Å². The molecule has 0 bridgehead atoms. The number of nitrogens with zero attached hydrogens (tertiary/aromatic N) is 3. The number of fused-ring (bicyclic) bond motifs is 7. The summed E-state index contributed by atoms with van der Waals surface area (Å²) in [5.41, 5.74) is 6.59. The summed E-state index contributed by atoms with van der Waals surface area (Å²) in [6.07, 6.45) is 1.84. The van der Waals surface area contributed by atoms with Gasteiger partial charge in [0.2, 0.25) is 0 Å². The molecule has 1 aliphatic rings. The van der Waals surface area contributed by atoms with Crippen LogP contribution in [0, 0.1) is 0 Å². The van der Waals surface area contributed by atoms with Gasteiger partial charge >= 0.3 is 0 Å². The minimum Gasteiger partial charge on any atom is -0.454 e. The predicted molar refractivity (Wildman–Crippen MR) is 141 cm³/mol.